The van der Waals surface area contributed by atoms with Crippen LogP contribution in [0.15, 0.2) is 72.3 Å². The van der Waals surface area contributed by atoms with E-state index in [1.807, 2.05) is 54.6 Å². The number of aromatic nitrogens is 4. The lowest BCUT2D eigenvalue weighted by molar-refractivity contribution is -0.118. The maximum Gasteiger partial charge on any atom is 0.228 e. The molecule has 164 valence electrons. The Labute approximate surface area is 195 Å². The molecule has 2 aromatic heterocycles. The second-order valence-electron chi connectivity index (χ2n) is 9.40. The number of ketones is 1. The van der Waals surface area contributed by atoms with Crippen LogP contribution in [0.25, 0.3) is 17.0 Å². The smallest absolute Gasteiger partial charge is 0.228 e. The van der Waals surface area contributed by atoms with Crippen molar-refractivity contribution in [3.8, 4) is 17.3 Å². The van der Waals surface area contributed by atoms with E-state index in [4.69, 9.17) is 21.3 Å². The first kappa shape index (κ1) is 20.1. The summed E-state index contributed by atoms with van der Waals surface area (Å²) in [7, 11) is 0. The standard InChI is InChI=1S/C26H21ClN4O2/c1-26(2)12-18(32)21-19(13-26)33-25-22(20(21)15-6-4-3-5-7-15)24-29-23(30-31(24)14-28-25)16-8-10-17(27)11-9-16/h3-11,14,20H,12-13H2,1-2H3. The van der Waals surface area contributed by atoms with Crippen LogP contribution >= 0.6 is 11.6 Å². The third-order valence-electron chi connectivity index (χ3n) is 6.30. The average molecular weight is 457 g/mol. The Kier molecular flexibility index (Phi) is 4.42. The molecule has 0 saturated carbocycles. The third kappa shape index (κ3) is 3.33. The van der Waals surface area contributed by atoms with Crippen LogP contribution in [0.2, 0.25) is 5.02 Å². The molecule has 0 radical (unpaired) electrons. The van der Waals surface area contributed by atoms with Gasteiger partial charge in [-0.15, -0.1) is 5.10 Å². The first-order valence-electron chi connectivity index (χ1n) is 10.9. The minimum atomic E-state index is -0.313. The van der Waals surface area contributed by atoms with Crippen LogP contribution in [0.4, 0.5) is 0 Å². The van der Waals surface area contributed by atoms with E-state index < -0.39 is 0 Å². The molecule has 0 spiro atoms. The van der Waals surface area contributed by atoms with E-state index >= 15 is 0 Å². The Morgan fingerprint density at radius 2 is 1.82 bits per heavy atom. The predicted octanol–water partition coefficient (Wildman–Crippen LogP) is 5.61. The highest BCUT2D eigenvalue weighted by Gasteiger charge is 2.43. The van der Waals surface area contributed by atoms with Crippen molar-refractivity contribution in [2.75, 3.05) is 0 Å². The van der Waals surface area contributed by atoms with Crippen LogP contribution in [0.1, 0.15) is 43.7 Å². The number of hydrogen-bond donors (Lipinski definition) is 0. The van der Waals surface area contributed by atoms with E-state index in [9.17, 15) is 4.79 Å². The van der Waals surface area contributed by atoms with Crippen LogP contribution in [0.3, 0.4) is 0 Å². The summed E-state index contributed by atoms with van der Waals surface area (Å²) < 4.78 is 7.94. The van der Waals surface area contributed by atoms with Gasteiger partial charge in [0.25, 0.3) is 0 Å². The van der Waals surface area contributed by atoms with Crippen molar-refractivity contribution in [2.24, 2.45) is 5.41 Å². The normalized spacial score (nSPS) is 19.2. The Morgan fingerprint density at radius 3 is 2.58 bits per heavy atom. The summed E-state index contributed by atoms with van der Waals surface area (Å²) in [5, 5.41) is 5.29. The van der Waals surface area contributed by atoms with Gasteiger partial charge in [-0.1, -0.05) is 55.8 Å². The molecule has 33 heavy (non-hydrogen) atoms. The van der Waals surface area contributed by atoms with Gasteiger partial charge in [0.05, 0.1) is 5.56 Å². The lowest BCUT2D eigenvalue weighted by Gasteiger charge is -2.37. The van der Waals surface area contributed by atoms with Gasteiger partial charge in [0.1, 0.15) is 12.1 Å². The summed E-state index contributed by atoms with van der Waals surface area (Å²) in [6, 6.07) is 17.4. The van der Waals surface area contributed by atoms with E-state index in [-0.39, 0.29) is 17.1 Å². The van der Waals surface area contributed by atoms with Crippen LogP contribution < -0.4 is 4.74 Å². The highest BCUT2D eigenvalue weighted by atomic mass is 35.5. The highest BCUT2D eigenvalue weighted by molar-refractivity contribution is 6.30. The molecule has 1 atom stereocenters. The van der Waals surface area contributed by atoms with Gasteiger partial charge >= 0.3 is 0 Å². The minimum absolute atomic E-state index is 0.111. The van der Waals surface area contributed by atoms with Gasteiger partial charge in [0.15, 0.2) is 17.3 Å². The number of hydrogen-bond acceptors (Lipinski definition) is 5. The lowest BCUT2D eigenvalue weighted by atomic mass is 9.70. The summed E-state index contributed by atoms with van der Waals surface area (Å²) in [4.78, 5) is 22.8. The number of carbonyl (C=O) groups excluding carboxylic acids is 1. The predicted molar refractivity (Wildman–Crippen MR) is 125 cm³/mol. The molecule has 4 aromatic rings. The Hall–Kier alpha value is -3.51. The van der Waals surface area contributed by atoms with Crippen molar-refractivity contribution in [2.45, 2.75) is 32.6 Å². The Balaban J connectivity index is 1.59. The number of halogens is 1. The van der Waals surface area contributed by atoms with Crippen molar-refractivity contribution in [1.29, 1.82) is 0 Å². The van der Waals surface area contributed by atoms with Crippen molar-refractivity contribution < 1.29 is 9.53 Å². The summed E-state index contributed by atoms with van der Waals surface area (Å²) in [6.07, 6.45) is 2.78. The van der Waals surface area contributed by atoms with Crippen molar-refractivity contribution in [3.63, 3.8) is 0 Å². The van der Waals surface area contributed by atoms with Gasteiger partial charge in [0.2, 0.25) is 5.88 Å². The molecular weight excluding hydrogens is 436 g/mol. The average Bonchev–Trinajstić information content (AvgIpc) is 3.22. The fourth-order valence-electron chi connectivity index (χ4n) is 4.85. The highest BCUT2D eigenvalue weighted by Crippen LogP contribution is 2.50. The fraction of sp³-hybridized carbons (Fsp3) is 0.231. The van der Waals surface area contributed by atoms with E-state index in [0.717, 1.165) is 16.7 Å². The maximum atomic E-state index is 13.4. The summed E-state index contributed by atoms with van der Waals surface area (Å²) in [5.74, 6) is 1.55. The maximum absolute atomic E-state index is 13.4. The zero-order chi connectivity index (χ0) is 22.7. The number of rotatable bonds is 2. The zero-order valence-corrected chi connectivity index (χ0v) is 19.0. The largest absolute Gasteiger partial charge is 0.442 e. The second kappa shape index (κ2) is 7.25. The number of nitrogens with zero attached hydrogens (tertiary/aromatic N) is 4. The first-order chi connectivity index (χ1) is 15.9. The number of carbonyl (C=O) groups is 1. The van der Waals surface area contributed by atoms with Gasteiger partial charge in [-0.05, 0) is 35.2 Å². The molecule has 7 heteroatoms. The third-order valence-corrected chi connectivity index (χ3v) is 6.55. The van der Waals surface area contributed by atoms with E-state index in [1.165, 1.54) is 0 Å². The van der Waals surface area contributed by atoms with Gasteiger partial charge in [0, 0.05) is 34.9 Å². The summed E-state index contributed by atoms with van der Waals surface area (Å²) in [5.41, 5.74) is 3.80. The molecule has 1 aliphatic carbocycles. The number of allylic oxidation sites excluding steroid dienone is 2. The van der Waals surface area contributed by atoms with Crippen molar-refractivity contribution >= 4 is 23.0 Å². The fourth-order valence-corrected chi connectivity index (χ4v) is 4.97. The lowest BCUT2D eigenvalue weighted by Crippen LogP contribution is -2.33. The van der Waals surface area contributed by atoms with Gasteiger partial charge in [-0.3, -0.25) is 4.79 Å². The van der Waals surface area contributed by atoms with Crippen LogP contribution in [0, 0.1) is 5.41 Å². The number of fused-ring (bicyclic) bond motifs is 3. The molecule has 2 aliphatic rings. The quantitative estimate of drug-likeness (QED) is 0.392. The van der Waals surface area contributed by atoms with Gasteiger partial charge in [-0.2, -0.15) is 0 Å². The van der Waals surface area contributed by atoms with Crippen molar-refractivity contribution in [1.82, 2.24) is 19.6 Å². The molecular formula is C26H21ClN4O2. The molecule has 0 bridgehead atoms. The SMILES string of the molecule is CC1(C)CC(=O)C2=C(C1)Oc1ncn3nc(-c4ccc(Cl)cc4)nc3c1C2c1ccccc1. The van der Waals surface area contributed by atoms with Gasteiger partial charge in [-0.25, -0.2) is 14.5 Å². The number of Topliss-reactive ketones (excluding diaryl/α,β-unsaturated/α-hetero) is 1. The van der Waals surface area contributed by atoms with E-state index in [2.05, 4.69) is 23.9 Å². The zero-order valence-electron chi connectivity index (χ0n) is 18.2. The number of ether oxygens (including phenoxy) is 1. The molecule has 3 heterocycles. The minimum Gasteiger partial charge on any atom is -0.442 e. The molecule has 2 aromatic carbocycles. The van der Waals surface area contributed by atoms with Crippen LogP contribution in [0.5, 0.6) is 5.88 Å². The van der Waals surface area contributed by atoms with Crippen LogP contribution in [-0.2, 0) is 4.79 Å². The number of benzene rings is 2. The molecule has 0 amide bonds. The van der Waals surface area contributed by atoms with Crippen molar-refractivity contribution in [3.05, 3.63) is 88.4 Å². The first-order valence-corrected chi connectivity index (χ1v) is 11.3. The van der Waals surface area contributed by atoms with Crippen LogP contribution in [-0.4, -0.2) is 25.4 Å². The summed E-state index contributed by atoms with van der Waals surface area (Å²) >= 11 is 6.05. The van der Waals surface area contributed by atoms with Gasteiger partial charge < -0.3 is 4.74 Å². The summed E-state index contributed by atoms with van der Waals surface area (Å²) in [6.45, 7) is 4.19. The molecule has 0 saturated heterocycles. The second-order valence-corrected chi connectivity index (χ2v) is 9.83. The Morgan fingerprint density at radius 1 is 1.06 bits per heavy atom. The molecule has 1 aliphatic heterocycles. The Bertz CT molecular complexity index is 1440. The van der Waals surface area contributed by atoms with E-state index in [1.54, 1.807) is 10.8 Å². The molecule has 6 nitrogen and oxygen atoms in total. The monoisotopic (exact) mass is 456 g/mol. The molecule has 1 unspecified atom stereocenters. The van der Waals surface area contributed by atoms with E-state index in [0.29, 0.717) is 46.5 Å². The molecule has 0 fully saturated rings. The molecule has 0 N–H and O–H groups in total. The topological polar surface area (TPSA) is 69.4 Å². The molecule has 6 rings (SSSR count).